The number of nitro groups is 1. The number of carbonyl (C=O) groups excluding carboxylic acids is 1. The second-order valence-electron chi connectivity index (χ2n) is 5.51. The Hall–Kier alpha value is -2.27. The average Bonchev–Trinajstić information content (AvgIpc) is 2.54. The minimum atomic E-state index is -4.56. The van der Waals surface area contributed by atoms with Crippen molar-refractivity contribution < 1.29 is 27.3 Å². The monoisotopic (exact) mass is 364 g/mol. The van der Waals surface area contributed by atoms with Crippen LogP contribution < -0.4 is 10.6 Å². The minimum absolute atomic E-state index is 0.172. The predicted octanol–water partition coefficient (Wildman–Crippen LogP) is 1.30. The Kier molecular flexibility index (Phi) is 5.90. The third-order valence-electron chi connectivity index (χ3n) is 3.78. The summed E-state index contributed by atoms with van der Waals surface area (Å²) < 4.78 is 53.0. The number of carbonyl (C=O) groups is 1. The highest BCUT2D eigenvalue weighted by Crippen LogP contribution is 2.25. The van der Waals surface area contributed by atoms with Crippen molar-refractivity contribution in [3.05, 3.63) is 39.7 Å². The molecular formula is C14H16F4N4O3. The first-order valence-corrected chi connectivity index (χ1v) is 7.43. The maximum atomic E-state index is 13.3. The number of piperazine rings is 1. The molecule has 1 aromatic rings. The summed E-state index contributed by atoms with van der Waals surface area (Å²) in [6.45, 7) is 0.414. The largest absolute Gasteiger partial charge is 0.405 e. The van der Waals surface area contributed by atoms with E-state index in [1.807, 2.05) is 0 Å². The highest BCUT2D eigenvalue weighted by molar-refractivity contribution is 5.94. The molecule has 1 aromatic carbocycles. The van der Waals surface area contributed by atoms with Crippen molar-refractivity contribution in [1.82, 2.24) is 15.5 Å². The van der Waals surface area contributed by atoms with Gasteiger partial charge in [0.2, 0.25) is 0 Å². The van der Waals surface area contributed by atoms with Crippen molar-refractivity contribution in [1.29, 1.82) is 0 Å². The fraction of sp³-hybridized carbons (Fsp3) is 0.500. The first-order valence-electron chi connectivity index (χ1n) is 7.43. The molecular weight excluding hydrogens is 348 g/mol. The molecule has 11 heteroatoms. The highest BCUT2D eigenvalue weighted by Gasteiger charge is 2.43. The number of nitrogens with zero attached hydrogens (tertiary/aromatic N) is 2. The van der Waals surface area contributed by atoms with E-state index in [2.05, 4.69) is 10.6 Å². The van der Waals surface area contributed by atoms with Crippen LogP contribution in [0.2, 0.25) is 0 Å². The Labute approximate surface area is 140 Å². The lowest BCUT2D eigenvalue weighted by Crippen LogP contribution is -2.57. The van der Waals surface area contributed by atoms with Gasteiger partial charge in [-0.1, -0.05) is 0 Å². The molecule has 25 heavy (non-hydrogen) atoms. The van der Waals surface area contributed by atoms with Gasteiger partial charge in [-0.3, -0.25) is 19.8 Å². The molecule has 0 aliphatic carbocycles. The Morgan fingerprint density at radius 1 is 1.32 bits per heavy atom. The van der Waals surface area contributed by atoms with Gasteiger partial charge < -0.3 is 10.6 Å². The summed E-state index contributed by atoms with van der Waals surface area (Å²) in [6, 6.07) is 0.277. The van der Waals surface area contributed by atoms with Crippen LogP contribution in [0.3, 0.4) is 0 Å². The van der Waals surface area contributed by atoms with Crippen molar-refractivity contribution in [2.45, 2.75) is 12.2 Å². The molecule has 1 saturated heterocycles. The Balaban J connectivity index is 2.09. The van der Waals surface area contributed by atoms with Gasteiger partial charge in [0.15, 0.2) is 0 Å². The second-order valence-corrected chi connectivity index (χ2v) is 5.51. The number of amides is 1. The lowest BCUT2D eigenvalue weighted by Gasteiger charge is -2.35. The fourth-order valence-electron chi connectivity index (χ4n) is 2.55. The summed E-state index contributed by atoms with van der Waals surface area (Å²) >= 11 is 0. The van der Waals surface area contributed by atoms with Crippen LogP contribution in [0.1, 0.15) is 10.4 Å². The number of alkyl halides is 3. The number of non-ortho nitro benzene ring substituents is 1. The maximum absolute atomic E-state index is 13.3. The van der Waals surface area contributed by atoms with E-state index in [1.165, 1.54) is 4.90 Å². The van der Waals surface area contributed by atoms with Crippen molar-refractivity contribution >= 4 is 11.6 Å². The maximum Gasteiger partial charge on any atom is 0.405 e. The van der Waals surface area contributed by atoms with Crippen LogP contribution in [0, 0.1) is 15.9 Å². The Morgan fingerprint density at radius 3 is 2.52 bits per heavy atom. The minimum Gasteiger partial charge on any atom is -0.350 e. The summed E-state index contributed by atoms with van der Waals surface area (Å²) in [5.74, 6) is -2.03. The van der Waals surface area contributed by atoms with Crippen LogP contribution >= 0.6 is 0 Å². The zero-order valence-electron chi connectivity index (χ0n) is 13.0. The van der Waals surface area contributed by atoms with Gasteiger partial charge in [-0.25, -0.2) is 4.39 Å². The molecule has 1 fully saturated rings. The van der Waals surface area contributed by atoms with Gasteiger partial charge in [0.1, 0.15) is 11.9 Å². The lowest BCUT2D eigenvalue weighted by molar-refractivity contribution is -0.385. The van der Waals surface area contributed by atoms with Crippen molar-refractivity contribution in [2.75, 3.05) is 32.7 Å². The summed E-state index contributed by atoms with van der Waals surface area (Å²) in [6.07, 6.45) is -4.56. The first-order chi connectivity index (χ1) is 11.7. The van der Waals surface area contributed by atoms with E-state index in [1.54, 1.807) is 0 Å². The smallest absolute Gasteiger partial charge is 0.350 e. The van der Waals surface area contributed by atoms with Gasteiger partial charge >= 0.3 is 6.18 Å². The summed E-state index contributed by atoms with van der Waals surface area (Å²) in [7, 11) is 0. The van der Waals surface area contributed by atoms with Gasteiger partial charge in [-0.2, -0.15) is 13.2 Å². The molecule has 138 valence electrons. The van der Waals surface area contributed by atoms with Gasteiger partial charge in [-0.15, -0.1) is 0 Å². The number of hydrogen-bond donors (Lipinski definition) is 2. The van der Waals surface area contributed by atoms with E-state index in [-0.39, 0.29) is 13.1 Å². The molecule has 1 aliphatic rings. The topological polar surface area (TPSA) is 87.5 Å². The molecule has 1 aliphatic heterocycles. The van der Waals surface area contributed by atoms with E-state index in [9.17, 15) is 32.5 Å². The summed E-state index contributed by atoms with van der Waals surface area (Å²) in [4.78, 5) is 23.0. The fourth-order valence-corrected chi connectivity index (χ4v) is 2.55. The van der Waals surface area contributed by atoms with Crippen LogP contribution in [0.15, 0.2) is 18.2 Å². The van der Waals surface area contributed by atoms with E-state index >= 15 is 0 Å². The van der Waals surface area contributed by atoms with Gasteiger partial charge in [0.05, 0.1) is 11.0 Å². The van der Waals surface area contributed by atoms with Gasteiger partial charge in [-0.05, 0) is 6.07 Å². The van der Waals surface area contributed by atoms with Gasteiger partial charge in [0, 0.05) is 44.4 Å². The highest BCUT2D eigenvalue weighted by atomic mass is 19.4. The zero-order valence-corrected chi connectivity index (χ0v) is 13.0. The lowest BCUT2D eigenvalue weighted by atomic mass is 10.1. The molecule has 7 nitrogen and oxygen atoms in total. The van der Waals surface area contributed by atoms with E-state index in [0.29, 0.717) is 19.2 Å². The van der Waals surface area contributed by atoms with E-state index in [0.717, 1.165) is 12.1 Å². The normalized spacial score (nSPS) is 17.1. The Morgan fingerprint density at radius 2 is 1.96 bits per heavy atom. The van der Waals surface area contributed by atoms with Crippen LogP contribution in [-0.4, -0.2) is 60.7 Å². The van der Waals surface area contributed by atoms with E-state index < -0.39 is 46.7 Å². The molecule has 2 rings (SSSR count). The van der Waals surface area contributed by atoms with Crippen molar-refractivity contribution in [3.63, 3.8) is 0 Å². The molecule has 0 aromatic heterocycles. The Bertz CT molecular complexity index is 647. The quantitative estimate of drug-likeness (QED) is 0.467. The van der Waals surface area contributed by atoms with Crippen LogP contribution in [-0.2, 0) is 0 Å². The standard InChI is InChI=1S/C14H16F4N4O3/c15-10-5-9(6-11(7-10)22(24)25)13(23)20-8-12(14(16,17)18)21-3-1-19-2-4-21/h5-7,12,19H,1-4,8H2,(H,20,23). The summed E-state index contributed by atoms with van der Waals surface area (Å²) in [5.41, 5.74) is -1.06. The molecule has 1 amide bonds. The predicted molar refractivity (Wildman–Crippen MR) is 79.7 cm³/mol. The molecule has 1 heterocycles. The third-order valence-corrected chi connectivity index (χ3v) is 3.78. The average molecular weight is 364 g/mol. The molecule has 1 unspecified atom stereocenters. The number of benzene rings is 1. The molecule has 0 spiro atoms. The molecule has 0 bridgehead atoms. The number of nitro benzene ring substituents is 1. The number of hydrogen-bond acceptors (Lipinski definition) is 5. The first kappa shape index (κ1) is 19.1. The molecule has 1 atom stereocenters. The van der Waals surface area contributed by atoms with Crippen LogP contribution in [0.25, 0.3) is 0 Å². The zero-order chi connectivity index (χ0) is 18.6. The van der Waals surface area contributed by atoms with Gasteiger partial charge in [0.25, 0.3) is 11.6 Å². The molecule has 0 saturated carbocycles. The molecule has 2 N–H and O–H groups in total. The van der Waals surface area contributed by atoms with Crippen LogP contribution in [0.4, 0.5) is 23.2 Å². The molecule has 0 radical (unpaired) electrons. The SMILES string of the molecule is O=C(NCC(N1CCNCC1)C(F)(F)F)c1cc(F)cc([N+](=O)[O-])c1. The number of rotatable bonds is 5. The second kappa shape index (κ2) is 7.74. The summed E-state index contributed by atoms with van der Waals surface area (Å²) in [5, 5.41) is 15.7. The number of nitrogens with one attached hydrogen (secondary N) is 2. The number of halogens is 4. The van der Waals surface area contributed by atoms with Crippen molar-refractivity contribution in [3.8, 4) is 0 Å². The van der Waals surface area contributed by atoms with Crippen molar-refractivity contribution in [2.24, 2.45) is 0 Å². The van der Waals surface area contributed by atoms with Crippen LogP contribution in [0.5, 0.6) is 0 Å². The third kappa shape index (κ3) is 5.10. The van der Waals surface area contributed by atoms with E-state index in [4.69, 9.17) is 0 Å².